The number of hydrogen-bond donors (Lipinski definition) is 0. The largest absolute Gasteiger partial charge is 0.417 e. The van der Waals surface area contributed by atoms with Crippen molar-refractivity contribution in [3.05, 3.63) is 59.8 Å². The van der Waals surface area contributed by atoms with Gasteiger partial charge < -0.3 is 9.80 Å². The van der Waals surface area contributed by atoms with Gasteiger partial charge >= 0.3 is 6.18 Å². The van der Waals surface area contributed by atoms with Crippen LogP contribution in [-0.4, -0.2) is 60.0 Å². The van der Waals surface area contributed by atoms with Gasteiger partial charge in [-0.15, -0.1) is 0 Å². The average Bonchev–Trinajstić information content (AvgIpc) is 2.73. The SMILES string of the molecule is C[C@@H](C(=O)N(C)Cc1ccccc1)N1CCN(c2ccc(C(F)(F)F)cn2)CC1. The standard InChI is InChI=1S/C21H25F3N4O/c1-16(20(29)26(2)15-17-6-4-3-5-7-17)27-10-12-28(13-11-27)19-9-8-18(14-25-19)21(22,23)24/h3-9,14,16H,10-13,15H2,1-2H3/t16-/m0/s1. The molecule has 1 aromatic carbocycles. The third-order valence-corrected chi connectivity index (χ3v) is 5.26. The Morgan fingerprint density at radius 3 is 2.31 bits per heavy atom. The van der Waals surface area contributed by atoms with Crippen LogP contribution in [0.15, 0.2) is 48.7 Å². The quantitative estimate of drug-likeness (QED) is 0.764. The fourth-order valence-corrected chi connectivity index (χ4v) is 3.49. The van der Waals surface area contributed by atoms with Crippen LogP contribution in [-0.2, 0) is 17.5 Å². The van der Waals surface area contributed by atoms with E-state index >= 15 is 0 Å². The highest BCUT2D eigenvalue weighted by molar-refractivity contribution is 5.81. The summed E-state index contributed by atoms with van der Waals surface area (Å²) in [5.41, 5.74) is 0.328. The van der Waals surface area contributed by atoms with Crippen LogP contribution in [0.25, 0.3) is 0 Å². The van der Waals surface area contributed by atoms with Gasteiger partial charge in [0.05, 0.1) is 11.6 Å². The Morgan fingerprint density at radius 2 is 1.76 bits per heavy atom. The Bertz CT molecular complexity index is 803. The van der Waals surface area contributed by atoms with Crippen molar-refractivity contribution in [2.75, 3.05) is 38.1 Å². The maximum atomic E-state index is 12.8. The maximum absolute atomic E-state index is 12.8. The highest BCUT2D eigenvalue weighted by Gasteiger charge is 2.31. The molecule has 156 valence electrons. The Balaban J connectivity index is 1.53. The normalized spacial score (nSPS) is 16.5. The van der Waals surface area contributed by atoms with Gasteiger partial charge in [0.25, 0.3) is 0 Å². The number of alkyl halides is 3. The van der Waals surface area contributed by atoms with E-state index in [9.17, 15) is 18.0 Å². The molecule has 1 aromatic heterocycles. The molecule has 1 aliphatic rings. The molecule has 0 bridgehead atoms. The summed E-state index contributed by atoms with van der Waals surface area (Å²) in [5, 5.41) is 0. The van der Waals surface area contributed by atoms with Crippen LogP contribution in [0.5, 0.6) is 0 Å². The number of rotatable bonds is 5. The molecule has 0 spiro atoms. The van der Waals surface area contributed by atoms with Crippen molar-refractivity contribution in [3.63, 3.8) is 0 Å². The fourth-order valence-electron chi connectivity index (χ4n) is 3.49. The molecule has 0 N–H and O–H groups in total. The van der Waals surface area contributed by atoms with Gasteiger partial charge in [-0.3, -0.25) is 9.69 Å². The number of nitrogens with zero attached hydrogens (tertiary/aromatic N) is 4. The van der Waals surface area contributed by atoms with Crippen molar-refractivity contribution in [2.24, 2.45) is 0 Å². The van der Waals surface area contributed by atoms with Crippen LogP contribution in [0.3, 0.4) is 0 Å². The van der Waals surface area contributed by atoms with Crippen LogP contribution in [0.1, 0.15) is 18.1 Å². The second-order valence-electron chi connectivity index (χ2n) is 7.28. The van der Waals surface area contributed by atoms with Crippen LogP contribution in [0, 0.1) is 0 Å². The van der Waals surface area contributed by atoms with Gasteiger partial charge in [-0.05, 0) is 24.6 Å². The molecule has 1 fully saturated rings. The number of hydrogen-bond acceptors (Lipinski definition) is 4. The number of piperazine rings is 1. The molecule has 1 atom stereocenters. The van der Waals surface area contributed by atoms with Gasteiger partial charge in [0, 0.05) is 46.0 Å². The average molecular weight is 406 g/mol. The molecule has 0 unspecified atom stereocenters. The lowest BCUT2D eigenvalue weighted by molar-refractivity contribution is -0.138. The van der Waals surface area contributed by atoms with E-state index in [0.29, 0.717) is 38.5 Å². The molecular weight excluding hydrogens is 381 g/mol. The zero-order valence-electron chi connectivity index (χ0n) is 16.6. The molecule has 0 aliphatic carbocycles. The molecule has 3 rings (SSSR count). The van der Waals surface area contributed by atoms with E-state index in [4.69, 9.17) is 0 Å². The Morgan fingerprint density at radius 1 is 1.10 bits per heavy atom. The number of carbonyl (C=O) groups is 1. The van der Waals surface area contributed by atoms with Crippen LogP contribution in [0.4, 0.5) is 19.0 Å². The lowest BCUT2D eigenvalue weighted by Crippen LogP contribution is -2.54. The number of amides is 1. The molecule has 2 heterocycles. The predicted molar refractivity (Wildman–Crippen MR) is 105 cm³/mol. The summed E-state index contributed by atoms with van der Waals surface area (Å²) in [6.07, 6.45) is -3.52. The van der Waals surface area contributed by atoms with Crippen LogP contribution < -0.4 is 4.90 Å². The first-order chi connectivity index (χ1) is 13.8. The van der Waals surface area contributed by atoms with Crippen molar-refractivity contribution in [2.45, 2.75) is 25.7 Å². The second kappa shape index (κ2) is 8.82. The van der Waals surface area contributed by atoms with Crippen molar-refractivity contribution in [3.8, 4) is 0 Å². The number of likely N-dealkylation sites (N-methyl/N-ethyl adjacent to an activating group) is 1. The summed E-state index contributed by atoms with van der Waals surface area (Å²) in [6.45, 7) is 4.97. The Kier molecular flexibility index (Phi) is 6.42. The zero-order chi connectivity index (χ0) is 21.0. The van der Waals surface area contributed by atoms with Gasteiger partial charge in [-0.25, -0.2) is 4.98 Å². The highest BCUT2D eigenvalue weighted by atomic mass is 19.4. The smallest absolute Gasteiger partial charge is 0.354 e. The van der Waals surface area contributed by atoms with Crippen molar-refractivity contribution in [1.82, 2.24) is 14.8 Å². The van der Waals surface area contributed by atoms with Gasteiger partial charge in [0.2, 0.25) is 5.91 Å². The number of carbonyl (C=O) groups excluding carboxylic acids is 1. The third kappa shape index (κ3) is 5.26. The molecule has 5 nitrogen and oxygen atoms in total. The van der Waals surface area contributed by atoms with E-state index in [0.717, 1.165) is 17.8 Å². The highest BCUT2D eigenvalue weighted by Crippen LogP contribution is 2.29. The van der Waals surface area contributed by atoms with Crippen molar-refractivity contribution < 1.29 is 18.0 Å². The molecule has 0 radical (unpaired) electrons. The number of halogens is 3. The first-order valence-electron chi connectivity index (χ1n) is 9.57. The molecule has 8 heteroatoms. The predicted octanol–water partition coefficient (Wildman–Crippen LogP) is 3.27. The van der Waals surface area contributed by atoms with Gasteiger partial charge in [-0.1, -0.05) is 30.3 Å². The molecule has 0 saturated carbocycles. The Hall–Kier alpha value is -2.61. The van der Waals surface area contributed by atoms with Crippen LogP contribution >= 0.6 is 0 Å². The van der Waals surface area contributed by atoms with E-state index < -0.39 is 11.7 Å². The summed E-state index contributed by atoms with van der Waals surface area (Å²) in [6, 6.07) is 12.0. The number of anilines is 1. The van der Waals surface area contributed by atoms with Crippen LogP contribution in [0.2, 0.25) is 0 Å². The van der Waals surface area contributed by atoms with Gasteiger partial charge in [0.15, 0.2) is 0 Å². The molecule has 2 aromatic rings. The minimum absolute atomic E-state index is 0.0509. The van der Waals surface area contributed by atoms with Crippen molar-refractivity contribution >= 4 is 11.7 Å². The lowest BCUT2D eigenvalue weighted by atomic mass is 10.1. The Labute approximate surface area is 168 Å². The summed E-state index contributed by atoms with van der Waals surface area (Å²) < 4.78 is 38.1. The topological polar surface area (TPSA) is 39.7 Å². The number of benzene rings is 1. The van der Waals surface area contributed by atoms with E-state index in [1.54, 1.807) is 11.9 Å². The fraction of sp³-hybridized carbons (Fsp3) is 0.429. The molecule has 1 saturated heterocycles. The summed E-state index contributed by atoms with van der Waals surface area (Å²) >= 11 is 0. The summed E-state index contributed by atoms with van der Waals surface area (Å²) in [7, 11) is 1.80. The number of aromatic nitrogens is 1. The summed E-state index contributed by atoms with van der Waals surface area (Å²) in [5.74, 6) is 0.577. The maximum Gasteiger partial charge on any atom is 0.417 e. The molecular formula is C21H25F3N4O. The first kappa shape index (κ1) is 21.1. The minimum atomic E-state index is -4.38. The second-order valence-corrected chi connectivity index (χ2v) is 7.28. The van der Waals surface area contributed by atoms with Gasteiger partial charge in [0.1, 0.15) is 5.82 Å². The van der Waals surface area contributed by atoms with E-state index in [-0.39, 0.29) is 11.9 Å². The van der Waals surface area contributed by atoms with Gasteiger partial charge in [-0.2, -0.15) is 13.2 Å². The minimum Gasteiger partial charge on any atom is -0.354 e. The van der Waals surface area contributed by atoms with Crippen molar-refractivity contribution in [1.29, 1.82) is 0 Å². The van der Waals surface area contributed by atoms with E-state index in [1.165, 1.54) is 6.07 Å². The number of pyridine rings is 1. The monoisotopic (exact) mass is 406 g/mol. The lowest BCUT2D eigenvalue weighted by Gasteiger charge is -2.39. The van der Waals surface area contributed by atoms with E-state index in [2.05, 4.69) is 9.88 Å². The zero-order valence-corrected chi connectivity index (χ0v) is 16.6. The molecule has 1 aliphatic heterocycles. The summed E-state index contributed by atoms with van der Waals surface area (Å²) in [4.78, 5) is 22.5. The third-order valence-electron chi connectivity index (χ3n) is 5.26. The molecule has 29 heavy (non-hydrogen) atoms. The molecule has 1 amide bonds. The first-order valence-corrected chi connectivity index (χ1v) is 9.57. The van der Waals surface area contributed by atoms with E-state index in [1.807, 2.05) is 42.2 Å².